The molecule has 0 atom stereocenters. The normalized spacial score (nSPS) is 11.4. The second kappa shape index (κ2) is 6.42. The lowest BCUT2D eigenvalue weighted by Crippen LogP contribution is -2.27. The summed E-state index contributed by atoms with van der Waals surface area (Å²) < 4.78 is 26.0. The van der Waals surface area contributed by atoms with Gasteiger partial charge < -0.3 is 14.6 Å². The smallest absolute Gasteiger partial charge is 0.419 e. The van der Waals surface area contributed by atoms with E-state index in [4.69, 9.17) is 9.47 Å². The molecule has 23 heavy (non-hydrogen) atoms. The summed E-state index contributed by atoms with van der Waals surface area (Å²) in [6, 6.07) is 6.04. The molecular formula is C17H20FNO4. The maximum Gasteiger partial charge on any atom is 0.419 e. The molecule has 0 saturated heterocycles. The first-order valence-electron chi connectivity index (χ1n) is 7.15. The van der Waals surface area contributed by atoms with Crippen LogP contribution < -0.4 is 4.74 Å². The summed E-state index contributed by atoms with van der Waals surface area (Å²) in [7, 11) is 1.40. The van der Waals surface area contributed by atoms with Crippen LogP contribution in [-0.4, -0.2) is 28.5 Å². The van der Waals surface area contributed by atoms with E-state index in [1.54, 1.807) is 32.9 Å². The van der Waals surface area contributed by atoms with Crippen molar-refractivity contribution in [2.75, 3.05) is 7.11 Å². The van der Waals surface area contributed by atoms with Gasteiger partial charge in [0.25, 0.3) is 0 Å². The van der Waals surface area contributed by atoms with Gasteiger partial charge in [0.05, 0.1) is 13.7 Å². The summed E-state index contributed by atoms with van der Waals surface area (Å²) in [5.74, 6) is -0.262. The fourth-order valence-electron chi connectivity index (χ4n) is 2.24. The van der Waals surface area contributed by atoms with Crippen LogP contribution in [0.1, 0.15) is 26.3 Å². The maximum atomic E-state index is 14.2. The molecule has 0 aliphatic carbocycles. The van der Waals surface area contributed by atoms with Crippen molar-refractivity contribution in [2.45, 2.75) is 33.0 Å². The number of hydrogen-bond donors (Lipinski definition) is 1. The number of aliphatic hydroxyl groups is 1. The third kappa shape index (κ3) is 3.53. The summed E-state index contributed by atoms with van der Waals surface area (Å²) in [4.78, 5) is 12.4. The van der Waals surface area contributed by atoms with Crippen LogP contribution in [-0.2, 0) is 11.3 Å². The number of carbonyl (C=O) groups is 1. The molecule has 124 valence electrons. The highest BCUT2D eigenvalue weighted by Crippen LogP contribution is 2.37. The van der Waals surface area contributed by atoms with Gasteiger partial charge in [-0.1, -0.05) is 12.1 Å². The van der Waals surface area contributed by atoms with Crippen molar-refractivity contribution < 1.29 is 23.8 Å². The van der Waals surface area contributed by atoms with E-state index in [-0.39, 0.29) is 23.6 Å². The Bertz CT molecular complexity index is 716. The SMILES string of the molecule is COc1c(CO)cn(C(=O)OC(C)(C)C)c1-c1ccccc1F. The molecule has 0 saturated carbocycles. The van der Waals surface area contributed by atoms with Crippen LogP contribution in [0.25, 0.3) is 11.3 Å². The molecule has 0 radical (unpaired) electrons. The molecule has 0 spiro atoms. The van der Waals surface area contributed by atoms with E-state index < -0.39 is 17.5 Å². The summed E-state index contributed by atoms with van der Waals surface area (Å²) in [5.41, 5.74) is 0.0657. The monoisotopic (exact) mass is 321 g/mol. The van der Waals surface area contributed by atoms with E-state index >= 15 is 0 Å². The highest BCUT2D eigenvalue weighted by molar-refractivity contribution is 5.83. The summed E-state index contributed by atoms with van der Waals surface area (Å²) in [6.07, 6.45) is 0.725. The van der Waals surface area contributed by atoms with Gasteiger partial charge in [-0.15, -0.1) is 0 Å². The van der Waals surface area contributed by atoms with Crippen LogP contribution in [0.3, 0.4) is 0 Å². The van der Waals surface area contributed by atoms with Crippen LogP contribution in [0.5, 0.6) is 5.75 Å². The Balaban J connectivity index is 2.65. The molecule has 1 N–H and O–H groups in total. The van der Waals surface area contributed by atoms with E-state index in [1.807, 2.05) is 0 Å². The van der Waals surface area contributed by atoms with Gasteiger partial charge in [-0.2, -0.15) is 0 Å². The third-order valence-corrected chi connectivity index (χ3v) is 3.13. The molecule has 1 aromatic carbocycles. The van der Waals surface area contributed by atoms with Gasteiger partial charge in [0, 0.05) is 17.3 Å². The van der Waals surface area contributed by atoms with E-state index in [2.05, 4.69) is 0 Å². The van der Waals surface area contributed by atoms with E-state index in [0.29, 0.717) is 5.56 Å². The lowest BCUT2D eigenvalue weighted by Gasteiger charge is -2.20. The quantitative estimate of drug-likeness (QED) is 0.938. The van der Waals surface area contributed by atoms with E-state index in [0.717, 1.165) is 4.57 Å². The van der Waals surface area contributed by atoms with Gasteiger partial charge in [-0.05, 0) is 32.9 Å². The molecule has 0 unspecified atom stereocenters. The minimum absolute atomic E-state index is 0.190. The van der Waals surface area contributed by atoms with Crippen LogP contribution in [0.15, 0.2) is 30.5 Å². The fourth-order valence-corrected chi connectivity index (χ4v) is 2.24. The van der Waals surface area contributed by atoms with Crippen molar-refractivity contribution in [1.82, 2.24) is 4.57 Å². The lowest BCUT2D eigenvalue weighted by atomic mass is 10.1. The maximum absolute atomic E-state index is 14.2. The number of carbonyl (C=O) groups excluding carboxylic acids is 1. The first kappa shape index (κ1) is 17.0. The van der Waals surface area contributed by atoms with E-state index in [1.165, 1.54) is 25.4 Å². The molecule has 0 bridgehead atoms. The second-order valence-electron chi connectivity index (χ2n) is 6.02. The Morgan fingerprint density at radius 2 is 1.96 bits per heavy atom. The number of aromatic nitrogens is 1. The number of benzene rings is 1. The second-order valence-corrected chi connectivity index (χ2v) is 6.02. The van der Waals surface area contributed by atoms with Gasteiger partial charge in [0.1, 0.15) is 17.1 Å². The van der Waals surface area contributed by atoms with Gasteiger partial charge in [0.15, 0.2) is 5.75 Å². The number of halogens is 1. The van der Waals surface area contributed by atoms with Crippen LogP contribution in [0.2, 0.25) is 0 Å². The van der Waals surface area contributed by atoms with Crippen molar-refractivity contribution in [2.24, 2.45) is 0 Å². The topological polar surface area (TPSA) is 60.7 Å². The first-order chi connectivity index (χ1) is 10.8. The molecule has 1 heterocycles. The summed E-state index contributed by atoms with van der Waals surface area (Å²) in [6.45, 7) is 4.87. The van der Waals surface area contributed by atoms with Gasteiger partial charge >= 0.3 is 6.09 Å². The Hall–Kier alpha value is -2.34. The number of aliphatic hydroxyl groups excluding tert-OH is 1. The molecule has 0 fully saturated rings. The Kier molecular flexibility index (Phi) is 4.75. The summed E-state index contributed by atoms with van der Waals surface area (Å²) in [5, 5.41) is 9.48. The number of nitrogens with zero attached hydrogens (tertiary/aromatic N) is 1. The zero-order valence-electron chi connectivity index (χ0n) is 13.6. The number of ether oxygens (including phenoxy) is 2. The van der Waals surface area contributed by atoms with Crippen LogP contribution in [0.4, 0.5) is 9.18 Å². The fraction of sp³-hybridized carbons (Fsp3) is 0.353. The minimum atomic E-state index is -0.708. The molecule has 6 heteroatoms. The van der Waals surface area contributed by atoms with Gasteiger partial charge in [-0.3, -0.25) is 0 Å². The van der Waals surface area contributed by atoms with E-state index in [9.17, 15) is 14.3 Å². The molecular weight excluding hydrogens is 301 g/mol. The Morgan fingerprint density at radius 1 is 1.30 bits per heavy atom. The summed E-state index contributed by atoms with van der Waals surface area (Å²) >= 11 is 0. The average Bonchev–Trinajstić information content (AvgIpc) is 2.84. The zero-order chi connectivity index (χ0) is 17.2. The van der Waals surface area contributed by atoms with Crippen molar-refractivity contribution >= 4 is 6.09 Å². The molecule has 0 aliphatic heterocycles. The largest absolute Gasteiger partial charge is 0.494 e. The molecule has 1 aromatic heterocycles. The van der Waals surface area contributed by atoms with Crippen LogP contribution >= 0.6 is 0 Å². The highest BCUT2D eigenvalue weighted by Gasteiger charge is 2.26. The molecule has 2 aromatic rings. The van der Waals surface area contributed by atoms with Crippen molar-refractivity contribution in [3.63, 3.8) is 0 Å². The number of hydrogen-bond acceptors (Lipinski definition) is 4. The van der Waals surface area contributed by atoms with Crippen molar-refractivity contribution in [3.05, 3.63) is 41.8 Å². The zero-order valence-corrected chi connectivity index (χ0v) is 13.6. The predicted molar refractivity (Wildman–Crippen MR) is 83.9 cm³/mol. The van der Waals surface area contributed by atoms with Crippen molar-refractivity contribution in [1.29, 1.82) is 0 Å². The van der Waals surface area contributed by atoms with Crippen LogP contribution in [0, 0.1) is 5.82 Å². The van der Waals surface area contributed by atoms with Crippen molar-refractivity contribution in [3.8, 4) is 17.0 Å². The molecule has 0 aliphatic rings. The standard InChI is InChI=1S/C17H20FNO4/c1-17(2,3)23-16(21)19-9-11(10-20)15(22-4)14(19)12-7-5-6-8-13(12)18/h5-9,20H,10H2,1-4H3. The average molecular weight is 321 g/mol. The highest BCUT2D eigenvalue weighted by atomic mass is 19.1. The molecule has 5 nitrogen and oxygen atoms in total. The minimum Gasteiger partial charge on any atom is -0.494 e. The first-order valence-corrected chi connectivity index (χ1v) is 7.15. The number of methoxy groups -OCH3 is 1. The molecule has 2 rings (SSSR count). The predicted octanol–water partition coefficient (Wildman–Crippen LogP) is 3.58. The van der Waals surface area contributed by atoms with Gasteiger partial charge in [0.2, 0.25) is 0 Å². The molecule has 0 amide bonds. The Morgan fingerprint density at radius 3 is 2.48 bits per heavy atom. The Labute approximate surface area is 134 Å². The van der Waals surface area contributed by atoms with Gasteiger partial charge in [-0.25, -0.2) is 13.8 Å². The lowest BCUT2D eigenvalue weighted by molar-refractivity contribution is 0.0539. The number of rotatable bonds is 3. The third-order valence-electron chi connectivity index (χ3n) is 3.13.